The third kappa shape index (κ3) is 2.72. The Morgan fingerprint density at radius 3 is 2.07 bits per heavy atom. The van der Waals surface area contributed by atoms with Crippen molar-refractivity contribution in [2.75, 3.05) is 7.11 Å². The second-order valence-corrected chi connectivity index (χ2v) is 4.46. The summed E-state index contributed by atoms with van der Waals surface area (Å²) in [5, 5.41) is 12.9. The maximum absolute atomic E-state index is 10.9. The number of benzene rings is 1. The molecule has 0 atom stereocenters. The largest absolute Gasteiger partial charge is 0.625 e. The van der Waals surface area contributed by atoms with Crippen LogP contribution in [0.5, 0.6) is 5.75 Å². The molecule has 1 aromatic carbocycles. The zero-order valence-corrected chi connectivity index (χ0v) is 9.63. The summed E-state index contributed by atoms with van der Waals surface area (Å²) in [5.41, 5.74) is 1.40. The lowest BCUT2D eigenvalue weighted by Gasteiger charge is -2.17. The van der Waals surface area contributed by atoms with Crippen molar-refractivity contribution in [1.82, 2.24) is 0 Å². The van der Waals surface area contributed by atoms with Crippen LogP contribution in [0.4, 0.5) is 0 Å². The zero-order valence-electron chi connectivity index (χ0n) is 9.63. The van der Waals surface area contributed by atoms with E-state index in [1.165, 1.54) is 0 Å². The van der Waals surface area contributed by atoms with Crippen molar-refractivity contribution in [1.29, 1.82) is 0 Å². The van der Waals surface area contributed by atoms with Crippen LogP contribution in [0.2, 0.25) is 0 Å². The Morgan fingerprint density at radius 1 is 1.20 bits per heavy atom. The van der Waals surface area contributed by atoms with Crippen LogP contribution in [0.1, 0.15) is 26.3 Å². The SMILES string of the molecule is COc1ccc(C(=[NH+][O-])C(C)(C)C)cc1. The third-order valence-corrected chi connectivity index (χ3v) is 2.23. The van der Waals surface area contributed by atoms with Gasteiger partial charge in [-0.2, -0.15) is 0 Å². The van der Waals surface area contributed by atoms with Crippen LogP contribution in [-0.2, 0) is 0 Å². The van der Waals surface area contributed by atoms with Crippen molar-refractivity contribution in [2.24, 2.45) is 5.41 Å². The first-order chi connectivity index (χ1) is 6.99. The van der Waals surface area contributed by atoms with Gasteiger partial charge in [-0.3, -0.25) is 0 Å². The van der Waals surface area contributed by atoms with Crippen molar-refractivity contribution in [3.8, 4) is 5.75 Å². The fourth-order valence-corrected chi connectivity index (χ4v) is 1.40. The Labute approximate surface area is 90.4 Å². The van der Waals surface area contributed by atoms with Crippen LogP contribution in [0.3, 0.4) is 0 Å². The van der Waals surface area contributed by atoms with Gasteiger partial charge in [0.1, 0.15) is 5.75 Å². The Kier molecular flexibility index (Phi) is 3.35. The molecule has 0 unspecified atom stereocenters. The number of methoxy groups -OCH3 is 1. The quantitative estimate of drug-likeness (QED) is 0.448. The van der Waals surface area contributed by atoms with Crippen LogP contribution in [-0.4, -0.2) is 12.8 Å². The van der Waals surface area contributed by atoms with Crippen molar-refractivity contribution >= 4 is 5.71 Å². The highest BCUT2D eigenvalue weighted by atomic mass is 16.5. The third-order valence-electron chi connectivity index (χ3n) is 2.23. The number of nitrogens with one attached hydrogen (secondary N) is 1. The molecule has 0 aliphatic carbocycles. The number of hydrogen-bond acceptors (Lipinski definition) is 2. The molecule has 0 aromatic heterocycles. The Hall–Kier alpha value is -1.51. The van der Waals surface area contributed by atoms with Gasteiger partial charge in [-0.05, 0) is 24.3 Å². The van der Waals surface area contributed by atoms with E-state index >= 15 is 0 Å². The lowest BCUT2D eigenvalue weighted by atomic mass is 9.86. The molecule has 0 amide bonds. The second kappa shape index (κ2) is 4.34. The van der Waals surface area contributed by atoms with Gasteiger partial charge in [-0.1, -0.05) is 20.8 Å². The van der Waals surface area contributed by atoms with Crippen LogP contribution in [0, 0.1) is 10.6 Å². The van der Waals surface area contributed by atoms with E-state index in [-0.39, 0.29) is 5.41 Å². The van der Waals surface area contributed by atoms with Crippen molar-refractivity contribution < 1.29 is 9.89 Å². The van der Waals surface area contributed by atoms with Gasteiger partial charge in [0.15, 0.2) is 5.71 Å². The fraction of sp³-hybridized carbons (Fsp3) is 0.417. The normalized spacial score (nSPS) is 12.7. The fourth-order valence-electron chi connectivity index (χ4n) is 1.40. The Bertz CT molecular complexity index is 347. The highest BCUT2D eigenvalue weighted by Crippen LogP contribution is 2.20. The van der Waals surface area contributed by atoms with Crippen molar-refractivity contribution in [3.05, 3.63) is 35.0 Å². The summed E-state index contributed by atoms with van der Waals surface area (Å²) < 4.78 is 5.06. The van der Waals surface area contributed by atoms with E-state index in [2.05, 4.69) is 0 Å². The van der Waals surface area contributed by atoms with Crippen molar-refractivity contribution in [2.45, 2.75) is 20.8 Å². The summed E-state index contributed by atoms with van der Waals surface area (Å²) in [6, 6.07) is 7.45. The molecule has 0 spiro atoms. The average molecular weight is 207 g/mol. The van der Waals surface area contributed by atoms with Gasteiger partial charge < -0.3 is 9.94 Å². The van der Waals surface area contributed by atoms with E-state index in [0.717, 1.165) is 11.3 Å². The minimum atomic E-state index is -0.184. The topological polar surface area (TPSA) is 46.3 Å². The first-order valence-electron chi connectivity index (χ1n) is 4.89. The standard InChI is InChI=1S/C12H17NO2/c1-12(2,3)11(13-14)9-5-7-10(15-4)8-6-9/h5-8,13H,1-4H3. The van der Waals surface area contributed by atoms with Crippen LogP contribution >= 0.6 is 0 Å². The summed E-state index contributed by atoms with van der Waals surface area (Å²) in [5.74, 6) is 0.790. The molecule has 1 rings (SSSR count). The predicted octanol–water partition coefficient (Wildman–Crippen LogP) is 1.11. The van der Waals surface area contributed by atoms with Gasteiger partial charge in [-0.25, -0.2) is 5.16 Å². The van der Waals surface area contributed by atoms with E-state index in [4.69, 9.17) is 4.74 Å². The molecule has 3 nitrogen and oxygen atoms in total. The first kappa shape index (κ1) is 11.6. The first-order valence-corrected chi connectivity index (χ1v) is 4.89. The summed E-state index contributed by atoms with van der Waals surface area (Å²) in [4.78, 5) is 0. The molecule has 82 valence electrons. The second-order valence-electron chi connectivity index (χ2n) is 4.46. The molecule has 0 saturated heterocycles. The molecule has 0 heterocycles. The minimum absolute atomic E-state index is 0.184. The van der Waals surface area contributed by atoms with E-state index in [1.54, 1.807) is 7.11 Å². The van der Waals surface area contributed by atoms with Crippen LogP contribution in [0.25, 0.3) is 0 Å². The molecular weight excluding hydrogens is 190 g/mol. The minimum Gasteiger partial charge on any atom is -0.625 e. The lowest BCUT2D eigenvalue weighted by Crippen LogP contribution is -2.69. The molecule has 0 bridgehead atoms. The predicted molar refractivity (Wildman–Crippen MR) is 60.9 cm³/mol. The number of hydrogen-bond donors (Lipinski definition) is 1. The zero-order chi connectivity index (χ0) is 11.5. The Morgan fingerprint density at radius 2 is 1.73 bits per heavy atom. The monoisotopic (exact) mass is 207 g/mol. The summed E-state index contributed by atoms with van der Waals surface area (Å²) >= 11 is 0. The van der Waals surface area contributed by atoms with Gasteiger partial charge in [0.05, 0.1) is 7.11 Å². The van der Waals surface area contributed by atoms with Gasteiger partial charge in [0, 0.05) is 11.0 Å². The lowest BCUT2D eigenvalue weighted by molar-refractivity contribution is -0.377. The van der Waals surface area contributed by atoms with E-state index in [1.807, 2.05) is 50.2 Å². The van der Waals surface area contributed by atoms with Crippen molar-refractivity contribution in [3.63, 3.8) is 0 Å². The number of rotatable bonds is 2. The average Bonchev–Trinajstić information content (AvgIpc) is 2.18. The maximum Gasteiger partial charge on any atom is 0.197 e. The summed E-state index contributed by atoms with van der Waals surface area (Å²) in [6.07, 6.45) is 0. The van der Waals surface area contributed by atoms with E-state index in [9.17, 15) is 5.21 Å². The van der Waals surface area contributed by atoms with Crippen LogP contribution in [0.15, 0.2) is 24.3 Å². The molecule has 0 saturated carbocycles. The molecule has 1 N–H and O–H groups in total. The highest BCUT2D eigenvalue weighted by Gasteiger charge is 2.25. The molecule has 1 aromatic rings. The summed E-state index contributed by atoms with van der Waals surface area (Å²) in [7, 11) is 1.62. The molecule has 15 heavy (non-hydrogen) atoms. The highest BCUT2D eigenvalue weighted by molar-refractivity contribution is 6.00. The Balaban J connectivity index is 3.05. The maximum atomic E-state index is 10.9. The van der Waals surface area contributed by atoms with Crippen LogP contribution < -0.4 is 9.89 Å². The number of ether oxygens (including phenoxy) is 1. The van der Waals surface area contributed by atoms with Gasteiger partial charge in [0.2, 0.25) is 0 Å². The van der Waals surface area contributed by atoms with Gasteiger partial charge >= 0.3 is 0 Å². The molecule has 3 heteroatoms. The molecule has 0 fully saturated rings. The van der Waals surface area contributed by atoms with E-state index in [0.29, 0.717) is 5.71 Å². The van der Waals surface area contributed by atoms with Gasteiger partial charge in [0.25, 0.3) is 0 Å². The molecule has 0 aliphatic rings. The van der Waals surface area contributed by atoms with Gasteiger partial charge in [-0.15, -0.1) is 0 Å². The molecular formula is C12H17NO2. The summed E-state index contributed by atoms with van der Waals surface area (Å²) in [6.45, 7) is 5.99. The van der Waals surface area contributed by atoms with E-state index < -0.39 is 0 Å². The molecule has 0 radical (unpaired) electrons. The smallest absolute Gasteiger partial charge is 0.197 e. The molecule has 0 aliphatic heterocycles.